The molecule has 4 atom stereocenters. The Labute approximate surface area is 198 Å². The molecule has 0 radical (unpaired) electrons. The van der Waals surface area contributed by atoms with E-state index in [0.29, 0.717) is 6.54 Å². The number of likely N-dealkylation sites (N-methyl/N-ethyl adjacent to an activating group) is 1. The molecule has 2 bridgehead atoms. The number of allylic oxidation sites excluding steroid dienone is 2. The van der Waals surface area contributed by atoms with E-state index in [1.807, 2.05) is 24.3 Å². The van der Waals surface area contributed by atoms with E-state index in [1.165, 1.54) is 0 Å². The van der Waals surface area contributed by atoms with Gasteiger partial charge in [-0.05, 0) is 74.4 Å². The predicted molar refractivity (Wildman–Crippen MR) is 129 cm³/mol. The Morgan fingerprint density at radius 2 is 1.62 bits per heavy atom. The number of carbonyl (C=O) groups is 2. The van der Waals surface area contributed by atoms with E-state index in [4.69, 9.17) is 0 Å². The zero-order valence-corrected chi connectivity index (χ0v) is 20.3. The average molecular weight is 501 g/mol. The van der Waals surface area contributed by atoms with Crippen molar-refractivity contribution in [2.24, 2.45) is 29.1 Å². The number of piperazine rings is 1. The molecule has 4 aliphatic rings. The molecule has 1 aromatic rings. The number of benzene rings is 1. The standard InChI is InChI=1S/C25H33BrN4O2/c1-29-13-15-30(16-14-29)12-2-11-27-23(31)21-19-7-8-20(25(19)9-10-25)22(21)24(32)28-18-5-3-17(26)4-6-18/h3-8,19-22H,2,9-16H2,1H3,(H,27,31)(H,28,32)/t19-,20+,21-,22-/m1/s1. The lowest BCUT2D eigenvalue weighted by atomic mass is 9.81. The van der Waals surface area contributed by atoms with Crippen molar-refractivity contribution in [1.82, 2.24) is 15.1 Å². The number of amides is 2. The number of rotatable bonds is 7. The van der Waals surface area contributed by atoms with Crippen molar-refractivity contribution in [2.75, 3.05) is 51.6 Å². The van der Waals surface area contributed by atoms with Crippen LogP contribution in [0.5, 0.6) is 0 Å². The van der Waals surface area contributed by atoms with E-state index < -0.39 is 0 Å². The summed E-state index contributed by atoms with van der Waals surface area (Å²) in [4.78, 5) is 31.5. The summed E-state index contributed by atoms with van der Waals surface area (Å²) < 4.78 is 0.976. The summed E-state index contributed by atoms with van der Waals surface area (Å²) in [5.41, 5.74) is 0.935. The highest BCUT2D eigenvalue weighted by Gasteiger charge is 2.69. The molecule has 1 saturated heterocycles. The average Bonchev–Trinajstić information content (AvgIpc) is 3.46. The molecule has 2 N–H and O–H groups in total. The monoisotopic (exact) mass is 500 g/mol. The minimum atomic E-state index is -0.284. The Morgan fingerprint density at radius 1 is 1.00 bits per heavy atom. The summed E-state index contributed by atoms with van der Waals surface area (Å²) in [6.07, 6.45) is 7.64. The van der Waals surface area contributed by atoms with Gasteiger partial charge in [0.25, 0.3) is 0 Å². The normalized spacial score (nSPS) is 30.6. The van der Waals surface area contributed by atoms with Crippen LogP contribution in [-0.2, 0) is 9.59 Å². The fourth-order valence-corrected chi connectivity index (χ4v) is 6.44. The number of hydrogen-bond acceptors (Lipinski definition) is 4. The highest BCUT2D eigenvalue weighted by Crippen LogP contribution is 2.72. The molecule has 3 aliphatic carbocycles. The van der Waals surface area contributed by atoms with Crippen LogP contribution in [0.15, 0.2) is 40.9 Å². The van der Waals surface area contributed by atoms with E-state index in [2.05, 4.69) is 55.6 Å². The maximum Gasteiger partial charge on any atom is 0.228 e. The predicted octanol–water partition coefficient (Wildman–Crippen LogP) is 2.97. The molecule has 1 aliphatic heterocycles. The van der Waals surface area contributed by atoms with Crippen LogP contribution in [-0.4, -0.2) is 67.9 Å². The van der Waals surface area contributed by atoms with Crippen LogP contribution in [0.25, 0.3) is 0 Å². The maximum absolute atomic E-state index is 13.3. The van der Waals surface area contributed by atoms with Crippen LogP contribution in [0, 0.1) is 29.1 Å². The smallest absolute Gasteiger partial charge is 0.228 e. The molecule has 172 valence electrons. The zero-order chi connectivity index (χ0) is 22.3. The van der Waals surface area contributed by atoms with Gasteiger partial charge in [-0.25, -0.2) is 0 Å². The summed E-state index contributed by atoms with van der Waals surface area (Å²) in [7, 11) is 2.16. The summed E-state index contributed by atoms with van der Waals surface area (Å²) in [6, 6.07) is 7.63. The van der Waals surface area contributed by atoms with E-state index in [1.54, 1.807) is 0 Å². The molecule has 2 saturated carbocycles. The summed E-state index contributed by atoms with van der Waals surface area (Å²) in [5.74, 6) is -0.120. The lowest BCUT2D eigenvalue weighted by Gasteiger charge is -2.32. The second-order valence-corrected chi connectivity index (χ2v) is 10.9. The molecule has 5 rings (SSSR count). The Balaban J connectivity index is 1.20. The molecule has 7 heteroatoms. The van der Waals surface area contributed by atoms with Crippen LogP contribution >= 0.6 is 15.9 Å². The lowest BCUT2D eigenvalue weighted by Crippen LogP contribution is -2.45. The molecule has 6 nitrogen and oxygen atoms in total. The van der Waals surface area contributed by atoms with E-state index in [9.17, 15) is 9.59 Å². The van der Waals surface area contributed by atoms with E-state index >= 15 is 0 Å². The third kappa shape index (κ3) is 4.15. The van der Waals surface area contributed by atoms with Gasteiger partial charge in [-0.3, -0.25) is 9.59 Å². The van der Waals surface area contributed by atoms with Gasteiger partial charge in [0.2, 0.25) is 11.8 Å². The summed E-state index contributed by atoms with van der Waals surface area (Å²) >= 11 is 3.43. The first kappa shape index (κ1) is 22.1. The highest BCUT2D eigenvalue weighted by molar-refractivity contribution is 9.10. The summed E-state index contributed by atoms with van der Waals surface area (Å²) in [5, 5.41) is 6.26. The first-order valence-corrected chi connectivity index (χ1v) is 12.7. The number of hydrogen-bond donors (Lipinski definition) is 2. The second kappa shape index (κ2) is 8.92. The first-order chi connectivity index (χ1) is 15.5. The minimum absolute atomic E-state index is 0.0203. The fourth-order valence-electron chi connectivity index (χ4n) is 6.17. The van der Waals surface area contributed by atoms with Gasteiger partial charge in [0.1, 0.15) is 0 Å². The van der Waals surface area contributed by atoms with Crippen molar-refractivity contribution in [3.05, 3.63) is 40.9 Å². The van der Waals surface area contributed by atoms with Crippen LogP contribution in [0.2, 0.25) is 0 Å². The molecule has 1 aromatic carbocycles. The Bertz CT molecular complexity index is 890. The van der Waals surface area contributed by atoms with E-state index in [0.717, 1.165) is 62.1 Å². The first-order valence-electron chi connectivity index (χ1n) is 11.9. The molecule has 0 unspecified atom stereocenters. The topological polar surface area (TPSA) is 64.7 Å². The molecule has 1 heterocycles. The van der Waals surface area contributed by atoms with Gasteiger partial charge in [0.15, 0.2) is 0 Å². The number of carbonyl (C=O) groups excluding carboxylic acids is 2. The van der Waals surface area contributed by atoms with Crippen molar-refractivity contribution in [1.29, 1.82) is 0 Å². The van der Waals surface area contributed by atoms with Crippen LogP contribution in [0.3, 0.4) is 0 Å². The van der Waals surface area contributed by atoms with Gasteiger partial charge < -0.3 is 20.4 Å². The highest BCUT2D eigenvalue weighted by atomic mass is 79.9. The number of halogens is 1. The lowest BCUT2D eigenvalue weighted by molar-refractivity contribution is -0.132. The van der Waals surface area contributed by atoms with Crippen LogP contribution in [0.1, 0.15) is 19.3 Å². The van der Waals surface area contributed by atoms with Gasteiger partial charge in [-0.15, -0.1) is 0 Å². The molecular weight excluding hydrogens is 468 g/mol. The van der Waals surface area contributed by atoms with Gasteiger partial charge in [-0.1, -0.05) is 28.1 Å². The van der Waals surface area contributed by atoms with E-state index in [-0.39, 0.29) is 40.9 Å². The SMILES string of the molecule is CN1CCN(CCCNC(=O)[C@H]2[C@H](C(=O)Nc3ccc(Br)cc3)[C@@H]3C=C[C@H]2C32CC2)CC1. The Morgan fingerprint density at radius 3 is 2.25 bits per heavy atom. The van der Waals surface area contributed by atoms with Crippen LogP contribution < -0.4 is 10.6 Å². The molecule has 1 spiro atoms. The molecule has 0 aromatic heterocycles. The number of nitrogens with zero attached hydrogens (tertiary/aromatic N) is 2. The molecule has 32 heavy (non-hydrogen) atoms. The van der Waals surface area contributed by atoms with Crippen LogP contribution in [0.4, 0.5) is 5.69 Å². The van der Waals surface area contributed by atoms with Gasteiger partial charge in [0.05, 0.1) is 11.8 Å². The fraction of sp³-hybridized carbons (Fsp3) is 0.600. The largest absolute Gasteiger partial charge is 0.356 e. The molecule has 2 amide bonds. The number of nitrogens with one attached hydrogen (secondary N) is 2. The third-order valence-electron chi connectivity index (χ3n) is 8.11. The zero-order valence-electron chi connectivity index (χ0n) is 18.7. The Hall–Kier alpha value is -1.70. The second-order valence-electron chi connectivity index (χ2n) is 10.0. The van der Waals surface area contributed by atoms with Gasteiger partial charge in [-0.2, -0.15) is 0 Å². The maximum atomic E-state index is 13.3. The third-order valence-corrected chi connectivity index (χ3v) is 8.63. The van der Waals surface area contributed by atoms with Crippen molar-refractivity contribution in [3.8, 4) is 0 Å². The van der Waals surface area contributed by atoms with Crippen molar-refractivity contribution >= 4 is 33.4 Å². The molecular formula is C25H33BrN4O2. The van der Waals surface area contributed by atoms with Gasteiger partial charge in [0, 0.05) is 42.9 Å². The number of anilines is 1. The molecule has 3 fully saturated rings. The van der Waals surface area contributed by atoms with Crippen molar-refractivity contribution in [2.45, 2.75) is 19.3 Å². The van der Waals surface area contributed by atoms with Gasteiger partial charge >= 0.3 is 0 Å². The quantitative estimate of drug-likeness (QED) is 0.446. The van der Waals surface area contributed by atoms with Crippen molar-refractivity contribution < 1.29 is 9.59 Å². The minimum Gasteiger partial charge on any atom is -0.356 e. The summed E-state index contributed by atoms with van der Waals surface area (Å²) in [6.45, 7) is 6.12. The van der Waals surface area contributed by atoms with Crippen molar-refractivity contribution in [3.63, 3.8) is 0 Å². The Kier molecular flexibility index (Phi) is 6.16.